The second-order valence-corrected chi connectivity index (χ2v) is 8.74. The quantitative estimate of drug-likeness (QED) is 0.495. The third kappa shape index (κ3) is 5.00. The van der Waals surface area contributed by atoms with Gasteiger partial charge in [-0.15, -0.1) is 0 Å². The Morgan fingerprint density at radius 1 is 1.14 bits per heavy atom. The van der Waals surface area contributed by atoms with Crippen LogP contribution in [-0.2, 0) is 13.0 Å². The average Bonchev–Trinajstić information content (AvgIpc) is 2.77. The number of ether oxygens (including phenoxy) is 1. The fraction of sp³-hybridized carbons (Fsp3) is 0.522. The van der Waals surface area contributed by atoms with Crippen LogP contribution in [-0.4, -0.2) is 41.8 Å². The van der Waals surface area contributed by atoms with Crippen molar-refractivity contribution in [2.75, 3.05) is 37.4 Å². The normalized spacial score (nSPS) is 18.1. The van der Waals surface area contributed by atoms with Gasteiger partial charge in [-0.2, -0.15) is 0 Å². The Labute approximate surface area is 173 Å². The minimum atomic E-state index is 0.831. The summed E-state index contributed by atoms with van der Waals surface area (Å²) >= 11 is 1.84. The van der Waals surface area contributed by atoms with E-state index in [9.17, 15) is 0 Å². The van der Waals surface area contributed by atoms with Gasteiger partial charge in [0.1, 0.15) is 5.75 Å². The van der Waals surface area contributed by atoms with E-state index in [1.54, 1.807) is 0 Å². The monoisotopic (exact) mass is 397 g/mol. The summed E-state index contributed by atoms with van der Waals surface area (Å²) in [6, 6.07) is 10.9. The third-order valence-electron chi connectivity index (χ3n) is 6.06. The van der Waals surface area contributed by atoms with E-state index in [1.807, 2.05) is 30.4 Å². The van der Waals surface area contributed by atoms with Crippen LogP contribution < -0.4 is 9.64 Å². The zero-order valence-corrected chi connectivity index (χ0v) is 17.7. The van der Waals surface area contributed by atoms with Crippen molar-refractivity contribution in [2.24, 2.45) is 5.92 Å². The Morgan fingerprint density at radius 2 is 2.04 bits per heavy atom. The van der Waals surface area contributed by atoms with Gasteiger partial charge < -0.3 is 9.64 Å². The van der Waals surface area contributed by atoms with Crippen LogP contribution in [0.25, 0.3) is 0 Å². The molecule has 0 radical (unpaired) electrons. The van der Waals surface area contributed by atoms with Gasteiger partial charge in [0.25, 0.3) is 0 Å². The van der Waals surface area contributed by atoms with E-state index in [4.69, 9.17) is 4.74 Å². The molecule has 150 valence electrons. The van der Waals surface area contributed by atoms with E-state index in [2.05, 4.69) is 44.7 Å². The van der Waals surface area contributed by atoms with Crippen molar-refractivity contribution in [3.63, 3.8) is 0 Å². The molecule has 1 saturated heterocycles. The number of hydrogen-bond donors (Lipinski definition) is 0. The maximum Gasteiger partial charge on any atom is 0.119 e. The number of fused-ring (bicyclic) bond motifs is 1. The van der Waals surface area contributed by atoms with Gasteiger partial charge in [-0.3, -0.25) is 4.98 Å². The fourth-order valence-electron chi connectivity index (χ4n) is 4.33. The number of benzene rings is 1. The topological polar surface area (TPSA) is 28.6 Å². The number of anilines is 1. The van der Waals surface area contributed by atoms with E-state index < -0.39 is 0 Å². The van der Waals surface area contributed by atoms with Crippen molar-refractivity contribution in [3.8, 4) is 5.75 Å². The van der Waals surface area contributed by atoms with Crippen LogP contribution in [0.15, 0.2) is 42.7 Å². The summed E-state index contributed by atoms with van der Waals surface area (Å²) in [6.07, 6.45) is 12.1. The lowest BCUT2D eigenvalue weighted by Gasteiger charge is -2.33. The standard InChI is InChI=1S/C23H31N3OS/c1-28-26-14-10-20-16-23(7-6-21(20)18-26)27-15-3-4-19-8-12-25(13-9-19)22-5-2-11-24-17-22/h2,5-7,11,16-17,19H,3-4,8-10,12-15,18H2,1H3. The number of hydrogen-bond acceptors (Lipinski definition) is 5. The fourth-order valence-corrected chi connectivity index (χ4v) is 4.87. The molecule has 0 spiro atoms. The number of rotatable bonds is 7. The maximum atomic E-state index is 6.07. The predicted molar refractivity (Wildman–Crippen MR) is 118 cm³/mol. The second kappa shape index (κ2) is 9.66. The first-order valence-corrected chi connectivity index (χ1v) is 11.7. The van der Waals surface area contributed by atoms with Crippen LogP contribution in [0.5, 0.6) is 5.75 Å². The van der Waals surface area contributed by atoms with Crippen molar-refractivity contribution >= 4 is 17.6 Å². The van der Waals surface area contributed by atoms with Crippen molar-refractivity contribution < 1.29 is 4.74 Å². The molecule has 2 aliphatic heterocycles. The smallest absolute Gasteiger partial charge is 0.119 e. The van der Waals surface area contributed by atoms with Gasteiger partial charge in [0, 0.05) is 32.4 Å². The highest BCUT2D eigenvalue weighted by atomic mass is 32.2. The van der Waals surface area contributed by atoms with Crippen molar-refractivity contribution in [3.05, 3.63) is 53.9 Å². The molecule has 0 atom stereocenters. The lowest BCUT2D eigenvalue weighted by Crippen LogP contribution is -2.33. The molecule has 0 N–H and O–H groups in total. The summed E-state index contributed by atoms with van der Waals surface area (Å²) in [5.41, 5.74) is 4.18. The molecular formula is C23H31N3OS. The van der Waals surface area contributed by atoms with Gasteiger partial charge in [0.2, 0.25) is 0 Å². The molecule has 0 unspecified atom stereocenters. The highest BCUT2D eigenvalue weighted by Crippen LogP contribution is 2.28. The Kier molecular flexibility index (Phi) is 6.76. The van der Waals surface area contributed by atoms with E-state index in [0.717, 1.165) is 57.3 Å². The SMILES string of the molecule is CSN1CCc2cc(OCCCC3CCN(c4cccnc4)CC3)ccc2C1. The van der Waals surface area contributed by atoms with Crippen molar-refractivity contribution in [2.45, 2.75) is 38.6 Å². The van der Waals surface area contributed by atoms with Crippen LogP contribution in [0.1, 0.15) is 36.8 Å². The van der Waals surface area contributed by atoms with Crippen LogP contribution in [0.4, 0.5) is 5.69 Å². The highest BCUT2D eigenvalue weighted by molar-refractivity contribution is 7.96. The largest absolute Gasteiger partial charge is 0.494 e. The first kappa shape index (κ1) is 19.6. The molecule has 1 aromatic carbocycles. The van der Waals surface area contributed by atoms with Gasteiger partial charge in [-0.05, 0) is 79.7 Å². The minimum absolute atomic E-state index is 0.831. The Morgan fingerprint density at radius 3 is 2.82 bits per heavy atom. The zero-order chi connectivity index (χ0) is 19.2. The molecular weight excluding hydrogens is 366 g/mol. The lowest BCUT2D eigenvalue weighted by atomic mass is 9.92. The van der Waals surface area contributed by atoms with Crippen LogP contribution in [0.2, 0.25) is 0 Å². The predicted octanol–water partition coefficient (Wildman–Crippen LogP) is 4.79. The molecule has 2 aliphatic rings. The van der Waals surface area contributed by atoms with Crippen molar-refractivity contribution in [1.82, 2.24) is 9.29 Å². The molecule has 4 nitrogen and oxygen atoms in total. The molecule has 0 aliphatic carbocycles. The molecule has 4 rings (SSSR count). The molecule has 5 heteroatoms. The zero-order valence-electron chi connectivity index (χ0n) is 16.8. The van der Waals surface area contributed by atoms with Gasteiger partial charge in [-0.1, -0.05) is 18.0 Å². The second-order valence-electron chi connectivity index (χ2n) is 7.86. The average molecular weight is 398 g/mol. The Bertz CT molecular complexity index is 747. The van der Waals surface area contributed by atoms with Crippen LogP contribution >= 0.6 is 11.9 Å². The summed E-state index contributed by atoms with van der Waals surface area (Å²) in [5, 5.41) is 0. The summed E-state index contributed by atoms with van der Waals surface area (Å²) < 4.78 is 8.49. The summed E-state index contributed by atoms with van der Waals surface area (Å²) in [7, 11) is 0. The number of nitrogens with zero attached hydrogens (tertiary/aromatic N) is 3. The van der Waals surface area contributed by atoms with Crippen molar-refractivity contribution in [1.29, 1.82) is 0 Å². The van der Waals surface area contributed by atoms with Crippen LogP contribution in [0.3, 0.4) is 0 Å². The summed E-state index contributed by atoms with van der Waals surface area (Å²) in [4.78, 5) is 6.71. The first-order chi connectivity index (χ1) is 13.8. The van der Waals surface area contributed by atoms with E-state index in [1.165, 1.54) is 36.1 Å². The summed E-state index contributed by atoms with van der Waals surface area (Å²) in [6.45, 7) is 5.31. The van der Waals surface area contributed by atoms with Crippen LogP contribution in [0, 0.1) is 5.92 Å². The maximum absolute atomic E-state index is 6.07. The molecule has 0 bridgehead atoms. The third-order valence-corrected chi connectivity index (χ3v) is 6.89. The minimum Gasteiger partial charge on any atom is -0.494 e. The Hall–Kier alpha value is -1.72. The van der Waals surface area contributed by atoms with E-state index >= 15 is 0 Å². The molecule has 1 fully saturated rings. The van der Waals surface area contributed by atoms with Gasteiger partial charge in [-0.25, -0.2) is 4.31 Å². The highest BCUT2D eigenvalue weighted by Gasteiger charge is 2.19. The molecule has 28 heavy (non-hydrogen) atoms. The lowest BCUT2D eigenvalue weighted by molar-refractivity contribution is 0.279. The van der Waals surface area contributed by atoms with Gasteiger partial charge in [0.05, 0.1) is 18.5 Å². The van der Waals surface area contributed by atoms with Gasteiger partial charge in [0.15, 0.2) is 0 Å². The van der Waals surface area contributed by atoms with E-state index in [0.29, 0.717) is 0 Å². The molecule has 3 heterocycles. The molecule has 0 amide bonds. The van der Waals surface area contributed by atoms with Gasteiger partial charge >= 0.3 is 0 Å². The van der Waals surface area contributed by atoms with E-state index in [-0.39, 0.29) is 0 Å². The number of piperidine rings is 1. The molecule has 1 aromatic heterocycles. The first-order valence-electron chi connectivity index (χ1n) is 10.5. The summed E-state index contributed by atoms with van der Waals surface area (Å²) in [5.74, 6) is 1.88. The number of pyridine rings is 1. The molecule has 2 aromatic rings. The number of aromatic nitrogens is 1. The molecule has 0 saturated carbocycles. The Balaban J connectivity index is 1.17.